The van der Waals surface area contributed by atoms with E-state index in [9.17, 15) is 4.79 Å². The largest absolute Gasteiger partial charge is 0.362 e. The van der Waals surface area contributed by atoms with Crippen LogP contribution in [0.1, 0.15) is 11.3 Å². The van der Waals surface area contributed by atoms with Crippen LogP contribution in [0.25, 0.3) is 11.4 Å². The molecular weight excluding hydrogens is 344 g/mol. The van der Waals surface area contributed by atoms with Crippen LogP contribution >= 0.6 is 0 Å². The average Bonchev–Trinajstić information content (AvgIpc) is 3.20. The topological polar surface area (TPSA) is 92.9 Å². The van der Waals surface area contributed by atoms with Crippen LogP contribution in [-0.2, 0) is 24.3 Å². The summed E-state index contributed by atoms with van der Waals surface area (Å²) >= 11 is 0. The van der Waals surface area contributed by atoms with Gasteiger partial charge in [0.05, 0.1) is 12.2 Å². The second-order valence-electron chi connectivity index (χ2n) is 6.63. The zero-order chi connectivity index (χ0) is 18.8. The van der Waals surface area contributed by atoms with Gasteiger partial charge in [0.15, 0.2) is 5.82 Å². The van der Waals surface area contributed by atoms with E-state index in [1.165, 1.54) is 11.0 Å². The molecule has 4 rings (SSSR count). The lowest BCUT2D eigenvalue weighted by atomic mass is 10.0. The lowest BCUT2D eigenvalue weighted by molar-refractivity contribution is -0.133. The number of hydrogen-bond acceptors (Lipinski definition) is 7. The van der Waals surface area contributed by atoms with Crippen molar-refractivity contribution < 1.29 is 4.79 Å². The summed E-state index contributed by atoms with van der Waals surface area (Å²) in [5.74, 6) is 1.55. The maximum Gasteiger partial charge on any atom is 0.244 e. The molecule has 0 N–H and O–H groups in total. The Kier molecular flexibility index (Phi) is 4.49. The molecule has 2 aromatic heterocycles. The molecule has 9 nitrogen and oxygen atoms in total. The van der Waals surface area contributed by atoms with Crippen molar-refractivity contribution in [1.82, 2.24) is 35.1 Å². The average molecular weight is 364 g/mol. The van der Waals surface area contributed by atoms with Gasteiger partial charge in [-0.25, -0.2) is 14.6 Å². The number of carbonyl (C=O) groups is 1. The van der Waals surface area contributed by atoms with Crippen LogP contribution < -0.4 is 4.90 Å². The molecule has 0 atom stereocenters. The molecule has 0 saturated carbocycles. The van der Waals surface area contributed by atoms with Gasteiger partial charge in [-0.15, -0.1) is 5.10 Å². The molecule has 1 amide bonds. The first-order valence-electron chi connectivity index (χ1n) is 8.73. The Labute approximate surface area is 156 Å². The summed E-state index contributed by atoms with van der Waals surface area (Å²) in [5.41, 5.74) is 2.95. The monoisotopic (exact) mass is 364 g/mol. The number of fused-ring (bicyclic) bond motifs is 1. The molecule has 0 unspecified atom stereocenters. The van der Waals surface area contributed by atoms with E-state index < -0.39 is 0 Å². The summed E-state index contributed by atoms with van der Waals surface area (Å²) < 4.78 is 1.43. The lowest BCUT2D eigenvalue weighted by Crippen LogP contribution is -2.39. The molecule has 0 aliphatic carbocycles. The predicted molar refractivity (Wildman–Crippen MR) is 98.7 cm³/mol. The third kappa shape index (κ3) is 3.48. The van der Waals surface area contributed by atoms with E-state index in [-0.39, 0.29) is 12.5 Å². The van der Waals surface area contributed by atoms with Crippen molar-refractivity contribution in [3.63, 3.8) is 0 Å². The van der Waals surface area contributed by atoms with Gasteiger partial charge in [-0.2, -0.15) is 0 Å². The van der Waals surface area contributed by atoms with Gasteiger partial charge in [0.2, 0.25) is 5.91 Å². The van der Waals surface area contributed by atoms with E-state index in [1.807, 2.05) is 49.3 Å². The number of tetrazole rings is 1. The summed E-state index contributed by atoms with van der Waals surface area (Å²) in [6.45, 7) is 1.21. The van der Waals surface area contributed by atoms with E-state index in [4.69, 9.17) is 9.97 Å². The van der Waals surface area contributed by atoms with Crippen LogP contribution in [0, 0.1) is 0 Å². The maximum atomic E-state index is 12.6. The minimum atomic E-state index is -0.0285. The van der Waals surface area contributed by atoms with Gasteiger partial charge in [0.25, 0.3) is 0 Å². The first-order valence-corrected chi connectivity index (χ1v) is 8.73. The highest BCUT2D eigenvalue weighted by Crippen LogP contribution is 2.28. The van der Waals surface area contributed by atoms with E-state index in [0.29, 0.717) is 18.9 Å². The summed E-state index contributed by atoms with van der Waals surface area (Å²) in [5, 5.41) is 10.9. The molecule has 1 aliphatic heterocycles. The summed E-state index contributed by atoms with van der Waals surface area (Å²) in [7, 11) is 3.96. The quantitative estimate of drug-likeness (QED) is 0.675. The van der Waals surface area contributed by atoms with Crippen LogP contribution in [0.4, 0.5) is 5.82 Å². The van der Waals surface area contributed by atoms with Gasteiger partial charge in [-0.05, 0) is 16.8 Å². The highest BCUT2D eigenvalue weighted by Gasteiger charge is 2.26. The van der Waals surface area contributed by atoms with Gasteiger partial charge in [0, 0.05) is 31.8 Å². The van der Waals surface area contributed by atoms with Crippen LogP contribution in [0.15, 0.2) is 36.7 Å². The molecule has 27 heavy (non-hydrogen) atoms. The summed E-state index contributed by atoms with van der Waals surface area (Å²) in [6.07, 6.45) is 2.16. The van der Waals surface area contributed by atoms with Crippen molar-refractivity contribution >= 4 is 11.7 Å². The van der Waals surface area contributed by atoms with Gasteiger partial charge in [-0.1, -0.05) is 30.3 Å². The van der Waals surface area contributed by atoms with Crippen LogP contribution in [0.5, 0.6) is 0 Å². The number of benzene rings is 1. The molecule has 0 spiro atoms. The highest BCUT2D eigenvalue weighted by molar-refractivity contribution is 5.76. The molecular formula is C18H20N8O. The fourth-order valence-electron chi connectivity index (χ4n) is 3.20. The Balaban J connectivity index is 1.65. The van der Waals surface area contributed by atoms with Gasteiger partial charge < -0.3 is 9.80 Å². The van der Waals surface area contributed by atoms with Gasteiger partial charge >= 0.3 is 0 Å². The number of amides is 1. The number of rotatable bonds is 4. The Bertz CT molecular complexity index is 940. The number of hydrogen-bond donors (Lipinski definition) is 0. The molecule has 1 aromatic carbocycles. The fourth-order valence-corrected chi connectivity index (χ4v) is 3.20. The number of nitrogens with zero attached hydrogens (tertiary/aromatic N) is 8. The van der Waals surface area contributed by atoms with Gasteiger partial charge in [-0.3, -0.25) is 4.79 Å². The van der Waals surface area contributed by atoms with Crippen LogP contribution in [0.2, 0.25) is 0 Å². The standard InChI is InChI=1S/C18H20N8O/c1-24(2)18-14-8-9-25(16(27)11-26-12-19-22-23-26)10-15(14)20-17(21-18)13-6-4-3-5-7-13/h3-7,12H,8-11H2,1-2H3. The molecule has 0 bridgehead atoms. The maximum absolute atomic E-state index is 12.6. The third-order valence-electron chi connectivity index (χ3n) is 4.54. The van der Waals surface area contributed by atoms with Crippen molar-refractivity contribution in [2.75, 3.05) is 25.5 Å². The van der Waals surface area contributed by atoms with Crippen LogP contribution in [-0.4, -0.2) is 61.6 Å². The minimum Gasteiger partial charge on any atom is -0.362 e. The third-order valence-corrected chi connectivity index (χ3v) is 4.54. The fraction of sp³-hybridized carbons (Fsp3) is 0.333. The first-order chi connectivity index (χ1) is 13.1. The molecule has 9 heteroatoms. The molecule has 0 saturated heterocycles. The molecule has 3 heterocycles. The second kappa shape index (κ2) is 7.10. The molecule has 0 fully saturated rings. The Morgan fingerprint density at radius 1 is 1.19 bits per heavy atom. The molecule has 138 valence electrons. The first kappa shape index (κ1) is 17.1. The molecule has 3 aromatic rings. The van der Waals surface area contributed by atoms with Crippen molar-refractivity contribution in [2.24, 2.45) is 0 Å². The van der Waals surface area contributed by atoms with E-state index >= 15 is 0 Å². The zero-order valence-corrected chi connectivity index (χ0v) is 15.3. The number of carbonyl (C=O) groups excluding carboxylic acids is 1. The number of aromatic nitrogens is 6. The highest BCUT2D eigenvalue weighted by atomic mass is 16.2. The molecule has 0 radical (unpaired) electrons. The Morgan fingerprint density at radius 3 is 2.70 bits per heavy atom. The van der Waals surface area contributed by atoms with Crippen molar-refractivity contribution in [3.05, 3.63) is 47.9 Å². The van der Waals surface area contributed by atoms with E-state index in [2.05, 4.69) is 15.5 Å². The van der Waals surface area contributed by atoms with Crippen LogP contribution in [0.3, 0.4) is 0 Å². The Hall–Kier alpha value is -3.36. The predicted octanol–water partition coefficient (Wildman–Crippen LogP) is 0.781. The second-order valence-corrected chi connectivity index (χ2v) is 6.63. The Morgan fingerprint density at radius 2 is 2.00 bits per heavy atom. The normalized spacial score (nSPS) is 13.3. The zero-order valence-electron chi connectivity index (χ0n) is 15.3. The molecule has 1 aliphatic rings. The summed E-state index contributed by atoms with van der Waals surface area (Å²) in [6, 6.07) is 9.88. The summed E-state index contributed by atoms with van der Waals surface area (Å²) in [4.78, 5) is 26.0. The minimum absolute atomic E-state index is 0.0285. The van der Waals surface area contributed by atoms with Crippen molar-refractivity contribution in [3.8, 4) is 11.4 Å². The smallest absolute Gasteiger partial charge is 0.244 e. The van der Waals surface area contributed by atoms with E-state index in [1.54, 1.807) is 4.90 Å². The lowest BCUT2D eigenvalue weighted by Gasteiger charge is -2.30. The SMILES string of the molecule is CN(C)c1nc(-c2ccccc2)nc2c1CCN(C(=O)Cn1cnnn1)C2. The van der Waals surface area contributed by atoms with Gasteiger partial charge in [0.1, 0.15) is 18.7 Å². The number of anilines is 1. The van der Waals surface area contributed by atoms with Crippen molar-refractivity contribution in [1.29, 1.82) is 0 Å². The van der Waals surface area contributed by atoms with E-state index in [0.717, 1.165) is 29.1 Å². The van der Waals surface area contributed by atoms with Crippen molar-refractivity contribution in [2.45, 2.75) is 19.5 Å².